The number of morpholine rings is 1. The number of hydrogen-bond donors (Lipinski definition) is 1. The highest BCUT2D eigenvalue weighted by atomic mass is 35.5. The van der Waals surface area contributed by atoms with Gasteiger partial charge in [-0.25, -0.2) is 0 Å². The molecule has 0 aliphatic carbocycles. The van der Waals surface area contributed by atoms with Gasteiger partial charge in [0, 0.05) is 24.2 Å². The predicted molar refractivity (Wildman–Crippen MR) is 72.9 cm³/mol. The second-order valence-corrected chi connectivity index (χ2v) is 5.42. The summed E-state index contributed by atoms with van der Waals surface area (Å²) < 4.78 is 5.54. The van der Waals surface area contributed by atoms with Crippen molar-refractivity contribution in [2.45, 2.75) is 32.5 Å². The van der Waals surface area contributed by atoms with Gasteiger partial charge in [0.2, 0.25) is 0 Å². The van der Waals surface area contributed by atoms with Crippen molar-refractivity contribution in [2.75, 3.05) is 19.8 Å². The van der Waals surface area contributed by atoms with Crippen molar-refractivity contribution in [1.82, 2.24) is 4.90 Å². The monoisotopic (exact) mass is 269 g/mol. The summed E-state index contributed by atoms with van der Waals surface area (Å²) in [5.74, 6) is 0. The van der Waals surface area contributed by atoms with Crippen LogP contribution >= 0.6 is 11.6 Å². The minimum Gasteiger partial charge on any atom is -0.394 e. The average Bonchev–Trinajstić information content (AvgIpc) is 2.35. The highest BCUT2D eigenvalue weighted by Gasteiger charge is 2.25. The molecule has 0 aromatic heterocycles. The zero-order valence-corrected chi connectivity index (χ0v) is 11.7. The van der Waals surface area contributed by atoms with Crippen LogP contribution in [0.15, 0.2) is 18.2 Å². The molecule has 2 atom stereocenters. The zero-order valence-electron chi connectivity index (χ0n) is 10.9. The van der Waals surface area contributed by atoms with E-state index in [-0.39, 0.29) is 12.7 Å². The zero-order chi connectivity index (χ0) is 13.1. The number of aryl methyl sites for hydroxylation is 1. The Morgan fingerprint density at radius 2 is 2.28 bits per heavy atom. The Labute approximate surface area is 113 Å². The fraction of sp³-hybridized carbons (Fsp3) is 0.571. The van der Waals surface area contributed by atoms with Crippen molar-refractivity contribution < 1.29 is 9.84 Å². The van der Waals surface area contributed by atoms with Crippen molar-refractivity contribution in [3.8, 4) is 0 Å². The van der Waals surface area contributed by atoms with Crippen molar-refractivity contribution in [1.29, 1.82) is 0 Å². The molecular formula is C14H20ClNO2. The molecule has 100 valence electrons. The Bertz CT molecular complexity index is 411. The van der Waals surface area contributed by atoms with Gasteiger partial charge in [-0.2, -0.15) is 0 Å². The first kappa shape index (κ1) is 13.8. The van der Waals surface area contributed by atoms with Crippen LogP contribution in [0.4, 0.5) is 0 Å². The van der Waals surface area contributed by atoms with Gasteiger partial charge in [0.25, 0.3) is 0 Å². The van der Waals surface area contributed by atoms with E-state index in [9.17, 15) is 5.11 Å². The molecule has 0 spiro atoms. The van der Waals surface area contributed by atoms with E-state index in [4.69, 9.17) is 16.3 Å². The van der Waals surface area contributed by atoms with E-state index in [1.54, 1.807) is 0 Å². The molecule has 0 radical (unpaired) electrons. The molecular weight excluding hydrogens is 250 g/mol. The summed E-state index contributed by atoms with van der Waals surface area (Å²) in [6, 6.07) is 6.38. The van der Waals surface area contributed by atoms with E-state index >= 15 is 0 Å². The van der Waals surface area contributed by atoms with Crippen LogP contribution in [0.3, 0.4) is 0 Å². The summed E-state index contributed by atoms with van der Waals surface area (Å²) in [6.07, 6.45) is -0.0613. The van der Waals surface area contributed by atoms with E-state index < -0.39 is 0 Å². The summed E-state index contributed by atoms with van der Waals surface area (Å²) in [4.78, 5) is 2.35. The average molecular weight is 270 g/mol. The summed E-state index contributed by atoms with van der Waals surface area (Å²) >= 11 is 5.97. The second kappa shape index (κ2) is 6.02. The van der Waals surface area contributed by atoms with Gasteiger partial charge in [-0.05, 0) is 37.1 Å². The lowest BCUT2D eigenvalue weighted by molar-refractivity contribution is -0.0805. The van der Waals surface area contributed by atoms with Gasteiger partial charge in [0.1, 0.15) is 0 Å². The highest BCUT2D eigenvalue weighted by molar-refractivity contribution is 6.30. The van der Waals surface area contributed by atoms with E-state index in [1.807, 2.05) is 12.1 Å². The van der Waals surface area contributed by atoms with Gasteiger partial charge in [-0.15, -0.1) is 0 Å². The van der Waals surface area contributed by atoms with E-state index in [1.165, 1.54) is 11.1 Å². The predicted octanol–water partition coefficient (Wildman–Crippen LogP) is 2.23. The van der Waals surface area contributed by atoms with E-state index in [2.05, 4.69) is 24.8 Å². The Morgan fingerprint density at radius 1 is 1.50 bits per heavy atom. The van der Waals surface area contributed by atoms with E-state index in [0.29, 0.717) is 12.6 Å². The van der Waals surface area contributed by atoms with Crippen LogP contribution in [0.5, 0.6) is 0 Å². The number of benzene rings is 1. The number of hydrogen-bond acceptors (Lipinski definition) is 3. The summed E-state index contributed by atoms with van der Waals surface area (Å²) in [5.41, 5.74) is 2.49. The number of aliphatic hydroxyl groups excluding tert-OH is 1. The smallest absolute Gasteiger partial charge is 0.0933 e. The quantitative estimate of drug-likeness (QED) is 0.913. The molecule has 1 aliphatic rings. The third-order valence-corrected chi connectivity index (χ3v) is 3.75. The molecule has 4 heteroatoms. The van der Waals surface area contributed by atoms with E-state index in [0.717, 1.165) is 18.1 Å². The fourth-order valence-electron chi connectivity index (χ4n) is 2.26. The first-order valence-electron chi connectivity index (χ1n) is 6.31. The minimum atomic E-state index is -0.0613. The standard InChI is InChI=1S/C14H20ClNO2/c1-10-5-13(15)4-3-12(10)6-16-7-14(8-17)18-9-11(16)2/h3-5,11,14,17H,6-9H2,1-2H3/t11-,14-/m1/s1. The molecule has 1 aromatic carbocycles. The Hall–Kier alpha value is -0.610. The molecule has 1 N–H and O–H groups in total. The van der Waals surface area contributed by atoms with Crippen LogP contribution in [0, 0.1) is 6.92 Å². The first-order chi connectivity index (χ1) is 8.60. The maximum Gasteiger partial charge on any atom is 0.0933 e. The van der Waals surface area contributed by atoms with Gasteiger partial charge in [0.15, 0.2) is 0 Å². The summed E-state index contributed by atoms with van der Waals surface area (Å²) in [5, 5.41) is 9.96. The molecule has 0 bridgehead atoms. The minimum absolute atomic E-state index is 0.0613. The van der Waals surface area contributed by atoms with Crippen LogP contribution in [-0.2, 0) is 11.3 Å². The van der Waals surface area contributed by atoms with Gasteiger partial charge < -0.3 is 9.84 Å². The highest BCUT2D eigenvalue weighted by Crippen LogP contribution is 2.20. The third kappa shape index (κ3) is 3.23. The first-order valence-corrected chi connectivity index (χ1v) is 6.69. The van der Waals surface area contributed by atoms with Crippen LogP contribution in [-0.4, -0.2) is 41.9 Å². The maximum absolute atomic E-state index is 9.18. The normalized spacial score (nSPS) is 25.3. The number of nitrogens with zero attached hydrogens (tertiary/aromatic N) is 1. The molecule has 0 amide bonds. The van der Waals surface area contributed by atoms with Crippen LogP contribution < -0.4 is 0 Å². The lowest BCUT2D eigenvalue weighted by Crippen LogP contribution is -2.48. The van der Waals surface area contributed by atoms with Crippen LogP contribution in [0.1, 0.15) is 18.1 Å². The molecule has 1 saturated heterocycles. The summed E-state index contributed by atoms with van der Waals surface area (Å²) in [6.45, 7) is 6.65. The topological polar surface area (TPSA) is 32.7 Å². The summed E-state index contributed by atoms with van der Waals surface area (Å²) in [7, 11) is 0. The molecule has 2 rings (SSSR count). The second-order valence-electron chi connectivity index (χ2n) is 4.99. The Kier molecular flexibility index (Phi) is 4.62. The molecule has 1 aromatic rings. The molecule has 1 fully saturated rings. The fourth-order valence-corrected chi connectivity index (χ4v) is 2.49. The number of ether oxygens (including phenoxy) is 1. The largest absolute Gasteiger partial charge is 0.394 e. The van der Waals surface area contributed by atoms with Crippen LogP contribution in [0.2, 0.25) is 5.02 Å². The lowest BCUT2D eigenvalue weighted by atomic mass is 10.1. The SMILES string of the molecule is Cc1cc(Cl)ccc1CN1C[C@H](CO)OC[C@H]1C. The van der Waals surface area contributed by atoms with Crippen LogP contribution in [0.25, 0.3) is 0 Å². The molecule has 1 heterocycles. The number of aliphatic hydroxyl groups is 1. The molecule has 3 nitrogen and oxygen atoms in total. The molecule has 0 unspecified atom stereocenters. The van der Waals surface area contributed by atoms with Gasteiger partial charge in [-0.1, -0.05) is 17.7 Å². The molecule has 0 saturated carbocycles. The van der Waals surface area contributed by atoms with Crippen molar-refractivity contribution in [2.24, 2.45) is 0 Å². The van der Waals surface area contributed by atoms with Gasteiger partial charge >= 0.3 is 0 Å². The number of halogens is 1. The van der Waals surface area contributed by atoms with Crippen molar-refractivity contribution in [3.05, 3.63) is 34.3 Å². The molecule has 1 aliphatic heterocycles. The Balaban J connectivity index is 2.07. The number of rotatable bonds is 3. The van der Waals surface area contributed by atoms with Crippen molar-refractivity contribution >= 4 is 11.6 Å². The lowest BCUT2D eigenvalue weighted by Gasteiger charge is -2.37. The maximum atomic E-state index is 9.18. The third-order valence-electron chi connectivity index (χ3n) is 3.52. The Morgan fingerprint density at radius 3 is 2.94 bits per heavy atom. The van der Waals surface area contributed by atoms with Crippen molar-refractivity contribution in [3.63, 3.8) is 0 Å². The van der Waals surface area contributed by atoms with Gasteiger partial charge in [-0.3, -0.25) is 4.90 Å². The van der Waals surface area contributed by atoms with Gasteiger partial charge in [0.05, 0.1) is 19.3 Å². The molecule has 18 heavy (non-hydrogen) atoms.